The standard InChI is InChI=1S/C12H18ClN3/c1-3-7-16(8-4-2)12-6-5-10(15-14)9-11(12)13/h6,9H,3-5,7-8H2,1-2H3. The van der Waals surface area contributed by atoms with Crippen molar-refractivity contribution >= 4 is 17.3 Å². The molecule has 0 saturated heterocycles. The molecule has 1 aliphatic rings. The lowest BCUT2D eigenvalue weighted by atomic mass is 10.1. The fraction of sp³-hybridized carbons (Fsp3) is 0.583. The number of rotatable bonds is 5. The van der Waals surface area contributed by atoms with Gasteiger partial charge in [0.05, 0.1) is 17.2 Å². The Morgan fingerprint density at radius 1 is 1.38 bits per heavy atom. The molecule has 0 aromatic carbocycles. The van der Waals surface area contributed by atoms with Crippen molar-refractivity contribution in [1.29, 1.82) is 0 Å². The zero-order valence-corrected chi connectivity index (χ0v) is 10.7. The minimum Gasteiger partial charge on any atom is -0.371 e. The topological polar surface area (TPSA) is 39.6 Å². The van der Waals surface area contributed by atoms with Gasteiger partial charge in [-0.25, -0.2) is 0 Å². The molecule has 0 N–H and O–H groups in total. The Labute approximate surface area is 102 Å². The highest BCUT2D eigenvalue weighted by atomic mass is 35.5. The van der Waals surface area contributed by atoms with E-state index in [1.165, 1.54) is 0 Å². The Balaban J connectivity index is 2.83. The first kappa shape index (κ1) is 13.0. The molecule has 0 atom stereocenters. The fourth-order valence-electron chi connectivity index (χ4n) is 1.82. The Kier molecular flexibility index (Phi) is 5.30. The second-order valence-corrected chi connectivity index (χ2v) is 4.27. The van der Waals surface area contributed by atoms with Gasteiger partial charge in [0.25, 0.3) is 5.71 Å². The molecule has 0 heterocycles. The molecule has 1 aliphatic carbocycles. The Morgan fingerprint density at radius 2 is 2.00 bits per heavy atom. The molecule has 0 bridgehead atoms. The van der Waals surface area contributed by atoms with Crippen LogP contribution in [-0.4, -0.2) is 28.5 Å². The molecule has 0 aliphatic heterocycles. The number of nitrogens with zero attached hydrogens (tertiary/aromatic N) is 3. The summed E-state index contributed by atoms with van der Waals surface area (Å²) in [6.07, 6.45) is 6.61. The van der Waals surface area contributed by atoms with Crippen LogP contribution in [0, 0.1) is 0 Å². The molecule has 0 fully saturated rings. The maximum Gasteiger partial charge on any atom is 0.297 e. The monoisotopic (exact) mass is 239 g/mol. The number of hydrogen-bond acceptors (Lipinski definition) is 1. The van der Waals surface area contributed by atoms with Crippen LogP contribution >= 0.6 is 11.6 Å². The molecule has 1 rings (SSSR count). The van der Waals surface area contributed by atoms with Crippen molar-refractivity contribution < 1.29 is 4.79 Å². The molecule has 0 amide bonds. The molecule has 88 valence electrons. The highest BCUT2D eigenvalue weighted by Gasteiger charge is 2.18. The highest BCUT2D eigenvalue weighted by molar-refractivity contribution is 6.33. The van der Waals surface area contributed by atoms with Crippen molar-refractivity contribution in [3.05, 3.63) is 28.4 Å². The van der Waals surface area contributed by atoms with E-state index in [0.29, 0.717) is 17.2 Å². The van der Waals surface area contributed by atoms with E-state index in [1.807, 2.05) is 6.08 Å². The van der Waals surface area contributed by atoms with Crippen molar-refractivity contribution in [2.45, 2.75) is 33.1 Å². The minimum atomic E-state index is 0.613. The summed E-state index contributed by atoms with van der Waals surface area (Å²) in [5.74, 6) is 0. The molecule has 0 aromatic heterocycles. The summed E-state index contributed by atoms with van der Waals surface area (Å²) in [5, 5.41) is 0.668. The predicted molar refractivity (Wildman–Crippen MR) is 67.4 cm³/mol. The van der Waals surface area contributed by atoms with Crippen LogP contribution in [0.1, 0.15) is 33.1 Å². The molecule has 0 saturated carbocycles. The molecular formula is C12H18ClN3. The minimum absolute atomic E-state index is 0.613. The van der Waals surface area contributed by atoms with Gasteiger partial charge in [0.15, 0.2) is 0 Å². The first-order valence-electron chi connectivity index (χ1n) is 5.76. The van der Waals surface area contributed by atoms with E-state index in [1.54, 1.807) is 6.08 Å². The van der Waals surface area contributed by atoms with E-state index >= 15 is 0 Å². The molecular weight excluding hydrogens is 222 g/mol. The van der Waals surface area contributed by atoms with E-state index in [-0.39, 0.29) is 0 Å². The summed E-state index contributed by atoms with van der Waals surface area (Å²) < 4.78 is 0. The maximum absolute atomic E-state index is 8.68. The summed E-state index contributed by atoms with van der Waals surface area (Å²) in [5.41, 5.74) is 10.4. The smallest absolute Gasteiger partial charge is 0.297 e. The molecule has 0 spiro atoms. The average molecular weight is 240 g/mol. The summed E-state index contributed by atoms with van der Waals surface area (Å²) in [4.78, 5) is 5.46. The molecule has 4 heteroatoms. The van der Waals surface area contributed by atoms with Crippen LogP contribution < -0.4 is 0 Å². The second kappa shape index (κ2) is 6.51. The van der Waals surface area contributed by atoms with E-state index < -0.39 is 0 Å². The molecule has 0 unspecified atom stereocenters. The van der Waals surface area contributed by atoms with Crippen LogP contribution in [0.5, 0.6) is 0 Å². The molecule has 0 radical (unpaired) electrons. The fourth-order valence-corrected chi connectivity index (χ4v) is 2.14. The van der Waals surface area contributed by atoms with Gasteiger partial charge in [-0.05, 0) is 18.9 Å². The van der Waals surface area contributed by atoms with Crippen molar-refractivity contribution in [3.63, 3.8) is 0 Å². The van der Waals surface area contributed by atoms with Crippen molar-refractivity contribution in [3.8, 4) is 0 Å². The third kappa shape index (κ3) is 3.22. The van der Waals surface area contributed by atoms with Crippen LogP contribution in [0.4, 0.5) is 0 Å². The van der Waals surface area contributed by atoms with Crippen molar-refractivity contribution in [2.24, 2.45) is 0 Å². The van der Waals surface area contributed by atoms with Gasteiger partial charge < -0.3 is 10.4 Å². The average Bonchev–Trinajstić information content (AvgIpc) is 2.29. The van der Waals surface area contributed by atoms with Crippen molar-refractivity contribution in [1.82, 2.24) is 4.90 Å². The highest BCUT2D eigenvalue weighted by Crippen LogP contribution is 2.24. The second-order valence-electron chi connectivity index (χ2n) is 3.86. The maximum atomic E-state index is 8.68. The quantitative estimate of drug-likeness (QED) is 0.537. The van der Waals surface area contributed by atoms with Crippen LogP contribution in [0.2, 0.25) is 0 Å². The zero-order valence-electron chi connectivity index (χ0n) is 9.91. The van der Waals surface area contributed by atoms with Gasteiger partial charge in [0.2, 0.25) is 0 Å². The molecule has 3 nitrogen and oxygen atoms in total. The van der Waals surface area contributed by atoms with Crippen molar-refractivity contribution in [2.75, 3.05) is 13.1 Å². The Bertz CT molecular complexity index is 345. The lowest BCUT2D eigenvalue weighted by Crippen LogP contribution is -2.26. The van der Waals surface area contributed by atoms with Gasteiger partial charge in [0.1, 0.15) is 0 Å². The number of hydrogen-bond donors (Lipinski definition) is 0. The third-order valence-electron chi connectivity index (χ3n) is 2.50. The van der Waals surface area contributed by atoms with E-state index in [4.69, 9.17) is 17.1 Å². The SMILES string of the molecule is CCCN(CCC)C1=CCC(=[N+]=[N-])C=C1Cl. The lowest BCUT2D eigenvalue weighted by molar-refractivity contribution is -0.00550. The van der Waals surface area contributed by atoms with Gasteiger partial charge in [-0.1, -0.05) is 25.4 Å². The predicted octanol–water partition coefficient (Wildman–Crippen LogP) is 3.19. The van der Waals surface area contributed by atoms with E-state index in [0.717, 1.165) is 31.6 Å². The van der Waals surface area contributed by atoms with Gasteiger partial charge >= 0.3 is 0 Å². The van der Waals surface area contributed by atoms with Crippen LogP contribution in [0.25, 0.3) is 5.53 Å². The largest absolute Gasteiger partial charge is 0.371 e. The number of halogens is 1. The Morgan fingerprint density at radius 3 is 2.44 bits per heavy atom. The van der Waals surface area contributed by atoms with Gasteiger partial charge in [-0.2, -0.15) is 4.79 Å². The summed E-state index contributed by atoms with van der Waals surface area (Å²) in [7, 11) is 0. The molecule has 0 aromatic rings. The number of allylic oxidation sites excluding steroid dienone is 3. The summed E-state index contributed by atoms with van der Waals surface area (Å²) in [6.45, 7) is 6.33. The summed E-state index contributed by atoms with van der Waals surface area (Å²) in [6, 6.07) is 0. The Hall–Kier alpha value is -1.05. The first-order valence-corrected chi connectivity index (χ1v) is 6.14. The van der Waals surface area contributed by atoms with Crippen LogP contribution in [0.3, 0.4) is 0 Å². The van der Waals surface area contributed by atoms with Gasteiger partial charge in [-0.3, -0.25) is 0 Å². The lowest BCUT2D eigenvalue weighted by Gasteiger charge is -2.27. The molecule has 16 heavy (non-hydrogen) atoms. The zero-order chi connectivity index (χ0) is 12.0. The first-order chi connectivity index (χ1) is 7.72. The third-order valence-corrected chi connectivity index (χ3v) is 2.80. The van der Waals surface area contributed by atoms with Gasteiger partial charge in [0, 0.05) is 19.2 Å². The van der Waals surface area contributed by atoms with Gasteiger partial charge in [-0.15, -0.1) is 0 Å². The van der Waals surface area contributed by atoms with Crippen LogP contribution in [0.15, 0.2) is 22.9 Å². The van der Waals surface area contributed by atoms with E-state index in [9.17, 15) is 0 Å². The van der Waals surface area contributed by atoms with E-state index in [2.05, 4.69) is 23.5 Å². The van der Waals surface area contributed by atoms with Crippen LogP contribution in [-0.2, 0) is 0 Å². The normalized spacial score (nSPS) is 15.3. The summed E-state index contributed by atoms with van der Waals surface area (Å²) >= 11 is 6.18.